The van der Waals surface area contributed by atoms with Crippen molar-refractivity contribution in [2.24, 2.45) is 0 Å². The maximum atomic E-state index is 10.3. The zero-order chi connectivity index (χ0) is 17.2. The molecule has 5 heteroatoms. The Bertz CT molecular complexity index is 903. The van der Waals surface area contributed by atoms with Crippen LogP contribution in [-0.2, 0) is 0 Å². The van der Waals surface area contributed by atoms with Crippen LogP contribution in [0, 0.1) is 6.92 Å². The summed E-state index contributed by atoms with van der Waals surface area (Å²) in [5.41, 5.74) is 2.43. The van der Waals surface area contributed by atoms with Gasteiger partial charge in [-0.15, -0.1) is 10.2 Å². The van der Waals surface area contributed by atoms with Crippen molar-refractivity contribution >= 4 is 16.6 Å². The smallest absolute Gasteiger partial charge is 0.156 e. The Morgan fingerprint density at radius 1 is 1.12 bits per heavy atom. The average molecular weight is 334 g/mol. The molecule has 2 heterocycles. The van der Waals surface area contributed by atoms with Crippen molar-refractivity contribution in [2.45, 2.75) is 25.8 Å². The molecule has 1 atom stereocenters. The lowest BCUT2D eigenvalue weighted by atomic mass is 10.0. The fraction of sp³-hybridized carbons (Fsp3) is 0.300. The van der Waals surface area contributed by atoms with Crippen molar-refractivity contribution in [1.82, 2.24) is 15.5 Å². The number of fused-ring (bicyclic) bond motifs is 1. The van der Waals surface area contributed by atoms with Gasteiger partial charge in [-0.3, -0.25) is 0 Å². The highest BCUT2D eigenvalue weighted by atomic mass is 16.3. The second-order valence-electron chi connectivity index (χ2n) is 6.65. The van der Waals surface area contributed by atoms with Crippen LogP contribution in [0.4, 0.5) is 5.82 Å². The lowest BCUT2D eigenvalue weighted by Crippen LogP contribution is -2.38. The lowest BCUT2D eigenvalue weighted by Gasteiger charge is -2.24. The molecule has 0 saturated carbocycles. The molecule has 1 aliphatic heterocycles. The molecule has 1 aliphatic rings. The summed E-state index contributed by atoms with van der Waals surface area (Å²) in [5.74, 6) is 1.04. The molecule has 0 unspecified atom stereocenters. The van der Waals surface area contributed by atoms with Crippen LogP contribution in [-0.4, -0.2) is 34.4 Å². The fourth-order valence-electron chi connectivity index (χ4n) is 3.42. The van der Waals surface area contributed by atoms with Crippen LogP contribution in [0.25, 0.3) is 22.0 Å². The number of aryl methyl sites for hydroxylation is 1. The molecule has 4 rings (SSSR count). The van der Waals surface area contributed by atoms with Gasteiger partial charge in [-0.2, -0.15) is 0 Å². The fourth-order valence-corrected chi connectivity index (χ4v) is 3.42. The van der Waals surface area contributed by atoms with Crippen molar-refractivity contribution < 1.29 is 5.11 Å². The summed E-state index contributed by atoms with van der Waals surface area (Å²) >= 11 is 0. The number of hydrogen-bond acceptors (Lipinski definition) is 5. The van der Waals surface area contributed by atoms with Crippen molar-refractivity contribution in [2.75, 3.05) is 18.4 Å². The first-order chi connectivity index (χ1) is 12.2. The van der Waals surface area contributed by atoms with E-state index in [9.17, 15) is 5.11 Å². The first kappa shape index (κ1) is 15.8. The molecular weight excluding hydrogens is 312 g/mol. The third kappa shape index (κ3) is 3.15. The normalized spacial score (nSPS) is 17.6. The number of nitrogens with zero attached hydrogens (tertiary/aromatic N) is 2. The molecule has 128 valence electrons. The van der Waals surface area contributed by atoms with Crippen molar-refractivity contribution in [3.63, 3.8) is 0 Å². The van der Waals surface area contributed by atoms with E-state index < -0.39 is 0 Å². The third-order valence-corrected chi connectivity index (χ3v) is 4.73. The topological polar surface area (TPSA) is 70.1 Å². The van der Waals surface area contributed by atoms with Crippen LogP contribution in [0.5, 0.6) is 5.75 Å². The Balaban J connectivity index is 1.78. The molecule has 1 fully saturated rings. The summed E-state index contributed by atoms with van der Waals surface area (Å²) in [6, 6.07) is 14.1. The van der Waals surface area contributed by atoms with Crippen LogP contribution in [0.3, 0.4) is 0 Å². The maximum Gasteiger partial charge on any atom is 0.156 e. The van der Waals surface area contributed by atoms with Crippen molar-refractivity contribution in [3.8, 4) is 17.0 Å². The van der Waals surface area contributed by atoms with E-state index in [4.69, 9.17) is 0 Å². The number of piperidine rings is 1. The van der Waals surface area contributed by atoms with E-state index in [2.05, 4.69) is 26.9 Å². The van der Waals surface area contributed by atoms with E-state index in [0.29, 0.717) is 17.3 Å². The van der Waals surface area contributed by atoms with Gasteiger partial charge in [0, 0.05) is 28.9 Å². The minimum absolute atomic E-state index is 0.233. The van der Waals surface area contributed by atoms with E-state index in [1.54, 1.807) is 6.07 Å². The monoisotopic (exact) mass is 334 g/mol. The number of aromatic nitrogens is 2. The molecule has 0 aliphatic carbocycles. The van der Waals surface area contributed by atoms with E-state index in [0.717, 1.165) is 41.7 Å². The highest BCUT2D eigenvalue weighted by Crippen LogP contribution is 2.35. The maximum absolute atomic E-state index is 10.3. The van der Waals surface area contributed by atoms with Gasteiger partial charge in [-0.1, -0.05) is 30.3 Å². The Morgan fingerprint density at radius 2 is 1.96 bits per heavy atom. The molecule has 0 amide bonds. The molecule has 1 saturated heterocycles. The van der Waals surface area contributed by atoms with Crippen LogP contribution < -0.4 is 10.6 Å². The predicted octanol–water partition coefficient (Wildman–Crippen LogP) is 3.47. The number of hydrogen-bond donors (Lipinski definition) is 3. The Hall–Kier alpha value is -2.66. The number of benzene rings is 2. The third-order valence-electron chi connectivity index (χ3n) is 4.73. The van der Waals surface area contributed by atoms with Gasteiger partial charge >= 0.3 is 0 Å². The van der Waals surface area contributed by atoms with Crippen molar-refractivity contribution in [3.05, 3.63) is 48.0 Å². The Labute approximate surface area is 147 Å². The zero-order valence-electron chi connectivity index (χ0n) is 14.3. The molecule has 3 aromatic rings. The van der Waals surface area contributed by atoms with E-state index in [1.165, 1.54) is 6.42 Å². The molecule has 0 spiro atoms. The Morgan fingerprint density at radius 3 is 2.72 bits per heavy atom. The van der Waals surface area contributed by atoms with Gasteiger partial charge in [-0.05, 0) is 44.0 Å². The van der Waals surface area contributed by atoms with Crippen molar-refractivity contribution in [1.29, 1.82) is 0 Å². The number of nitrogens with one attached hydrogen (secondary N) is 2. The van der Waals surface area contributed by atoms with Crippen LogP contribution >= 0.6 is 0 Å². The number of anilines is 1. The zero-order valence-corrected chi connectivity index (χ0v) is 14.3. The SMILES string of the molecule is Cc1ccc(-c2nnc(N[C@@H]3CCCNC3)c3ccccc23)c(O)c1. The molecule has 0 radical (unpaired) electrons. The van der Waals surface area contributed by atoms with Gasteiger partial charge < -0.3 is 15.7 Å². The minimum Gasteiger partial charge on any atom is -0.507 e. The molecule has 3 N–H and O–H groups in total. The number of rotatable bonds is 3. The second kappa shape index (κ2) is 6.69. The van der Waals surface area contributed by atoms with Crippen LogP contribution in [0.1, 0.15) is 18.4 Å². The summed E-state index contributed by atoms with van der Waals surface area (Å²) in [6.07, 6.45) is 2.29. The predicted molar refractivity (Wildman–Crippen MR) is 101 cm³/mol. The highest BCUT2D eigenvalue weighted by molar-refractivity contribution is 6.00. The highest BCUT2D eigenvalue weighted by Gasteiger charge is 2.17. The first-order valence-corrected chi connectivity index (χ1v) is 8.75. The van der Waals surface area contributed by atoms with E-state index >= 15 is 0 Å². The number of aromatic hydroxyl groups is 1. The summed E-state index contributed by atoms with van der Waals surface area (Å²) in [7, 11) is 0. The van der Waals surface area contributed by atoms with Gasteiger partial charge in [0.15, 0.2) is 5.82 Å². The van der Waals surface area contributed by atoms with E-state index in [1.807, 2.05) is 37.3 Å². The van der Waals surface area contributed by atoms with Gasteiger partial charge in [-0.25, -0.2) is 0 Å². The molecule has 25 heavy (non-hydrogen) atoms. The minimum atomic E-state index is 0.233. The quantitative estimate of drug-likeness (QED) is 0.684. The first-order valence-electron chi connectivity index (χ1n) is 8.75. The number of phenolic OH excluding ortho intramolecular Hbond substituents is 1. The largest absolute Gasteiger partial charge is 0.507 e. The standard InChI is InChI=1S/C20H22N4O/c1-13-8-9-17(18(25)11-13)19-15-6-2-3-7-16(15)20(24-23-19)22-14-5-4-10-21-12-14/h2-3,6-9,11,14,21,25H,4-5,10,12H2,1H3,(H,22,24)/t14-/m1/s1. The average Bonchev–Trinajstić information content (AvgIpc) is 2.64. The summed E-state index contributed by atoms with van der Waals surface area (Å²) in [6.45, 7) is 3.98. The number of phenols is 1. The van der Waals surface area contributed by atoms with Crippen LogP contribution in [0.2, 0.25) is 0 Å². The van der Waals surface area contributed by atoms with Crippen LogP contribution in [0.15, 0.2) is 42.5 Å². The van der Waals surface area contributed by atoms with Gasteiger partial charge in [0.05, 0.1) is 0 Å². The molecule has 5 nitrogen and oxygen atoms in total. The Kier molecular flexibility index (Phi) is 4.24. The van der Waals surface area contributed by atoms with Gasteiger partial charge in [0.1, 0.15) is 11.4 Å². The van der Waals surface area contributed by atoms with E-state index in [-0.39, 0.29) is 5.75 Å². The second-order valence-corrected chi connectivity index (χ2v) is 6.65. The van der Waals surface area contributed by atoms with Gasteiger partial charge in [0.25, 0.3) is 0 Å². The lowest BCUT2D eigenvalue weighted by molar-refractivity contribution is 0.476. The summed E-state index contributed by atoms with van der Waals surface area (Å²) < 4.78 is 0. The molecule has 0 bridgehead atoms. The summed E-state index contributed by atoms with van der Waals surface area (Å²) in [5, 5.41) is 28.2. The summed E-state index contributed by atoms with van der Waals surface area (Å²) in [4.78, 5) is 0. The molecular formula is C20H22N4O. The molecule has 1 aromatic heterocycles. The molecule has 2 aromatic carbocycles. The van der Waals surface area contributed by atoms with Gasteiger partial charge in [0.2, 0.25) is 0 Å².